The minimum Gasteiger partial charge on any atom is -0.389 e. The molecule has 0 aliphatic carbocycles. The second-order valence-corrected chi connectivity index (χ2v) is 6.78. The Balaban J connectivity index is 3.98. The van der Waals surface area contributed by atoms with Crippen LogP contribution >= 0.6 is 21.6 Å². The third-order valence-electron chi connectivity index (χ3n) is 2.88. The predicted octanol–water partition coefficient (Wildman–Crippen LogP) is 1.91. The molecule has 19 heavy (non-hydrogen) atoms. The zero-order valence-electron chi connectivity index (χ0n) is 12.0. The number of hydrogen-bond acceptors (Lipinski definition) is 6. The Morgan fingerprint density at radius 1 is 1.11 bits per heavy atom. The highest BCUT2D eigenvalue weighted by Crippen LogP contribution is 2.26. The summed E-state index contributed by atoms with van der Waals surface area (Å²) in [7, 11) is 3.22. The number of nitrogens with one attached hydrogen (secondary N) is 1. The van der Waals surface area contributed by atoms with Crippen molar-refractivity contribution >= 4 is 33.2 Å². The minimum atomic E-state index is -0.422. The quantitative estimate of drug-likeness (QED) is 0.424. The molecule has 0 amide bonds. The van der Waals surface area contributed by atoms with Crippen LogP contribution in [0.1, 0.15) is 33.6 Å². The molecule has 112 valence electrons. The minimum absolute atomic E-state index is 0.119. The molecule has 0 aliphatic heterocycles. The maximum atomic E-state index is 11.6. The lowest BCUT2D eigenvalue weighted by Crippen LogP contribution is -2.40. The fourth-order valence-corrected chi connectivity index (χ4v) is 4.29. The first-order valence-electron chi connectivity index (χ1n) is 6.74. The summed E-state index contributed by atoms with van der Waals surface area (Å²) in [5, 5.41) is 11.9. The van der Waals surface area contributed by atoms with Crippen LogP contribution in [-0.4, -0.2) is 47.4 Å². The number of aliphatic hydroxyl groups excluding tert-OH is 1. The number of rotatable bonds is 12. The Kier molecular flexibility index (Phi) is 11.7. The molecule has 0 saturated heterocycles. The van der Waals surface area contributed by atoms with E-state index >= 15 is 0 Å². The van der Waals surface area contributed by atoms with Gasteiger partial charge in [0.05, 0.1) is 6.04 Å². The summed E-state index contributed by atoms with van der Waals surface area (Å²) in [5.41, 5.74) is 0. The Hall–Kier alpha value is -0.0400. The second-order valence-electron chi connectivity index (χ2n) is 4.23. The van der Waals surface area contributed by atoms with Crippen LogP contribution in [0.3, 0.4) is 0 Å². The smallest absolute Gasteiger partial charge is 0.175 e. The molecule has 0 heterocycles. The lowest BCUT2D eigenvalue weighted by Gasteiger charge is -2.16. The van der Waals surface area contributed by atoms with Crippen molar-refractivity contribution in [3.8, 4) is 0 Å². The van der Waals surface area contributed by atoms with Crippen LogP contribution in [0.25, 0.3) is 0 Å². The van der Waals surface area contributed by atoms with Gasteiger partial charge in [0.25, 0.3) is 0 Å². The molecule has 0 radical (unpaired) electrons. The van der Waals surface area contributed by atoms with Gasteiger partial charge in [0, 0.05) is 23.8 Å². The van der Waals surface area contributed by atoms with E-state index in [0.717, 1.165) is 12.2 Å². The number of aliphatic hydroxyl groups is 1. The average molecular weight is 307 g/mol. The van der Waals surface area contributed by atoms with Crippen molar-refractivity contribution in [1.82, 2.24) is 5.32 Å². The Bertz CT molecular complexity index is 275. The van der Waals surface area contributed by atoms with Crippen LogP contribution in [0.15, 0.2) is 0 Å². The van der Waals surface area contributed by atoms with E-state index in [2.05, 4.69) is 5.32 Å². The molecule has 0 fully saturated rings. The summed E-state index contributed by atoms with van der Waals surface area (Å²) in [6.45, 7) is 6.13. The van der Waals surface area contributed by atoms with Gasteiger partial charge in [-0.05, 0) is 13.0 Å². The largest absolute Gasteiger partial charge is 0.389 e. The molecule has 0 aromatic rings. The molecule has 0 aliphatic rings. The van der Waals surface area contributed by atoms with E-state index in [0.29, 0.717) is 24.5 Å². The summed E-state index contributed by atoms with van der Waals surface area (Å²) in [4.78, 5) is 23.1. The van der Waals surface area contributed by atoms with Gasteiger partial charge in [0.15, 0.2) is 5.78 Å². The Morgan fingerprint density at radius 3 is 2.21 bits per heavy atom. The molecule has 0 saturated carbocycles. The SMILES string of the molecule is CCNC(CSSCC(CC)C(=O)CC)C(=O)CO. The molecule has 6 heteroatoms. The summed E-state index contributed by atoms with van der Waals surface area (Å²) < 4.78 is 0. The van der Waals surface area contributed by atoms with E-state index in [4.69, 9.17) is 5.11 Å². The van der Waals surface area contributed by atoms with Gasteiger partial charge in [0.2, 0.25) is 0 Å². The van der Waals surface area contributed by atoms with Gasteiger partial charge in [-0.2, -0.15) is 0 Å². The van der Waals surface area contributed by atoms with Gasteiger partial charge in [-0.3, -0.25) is 9.59 Å². The molecular weight excluding hydrogens is 282 g/mol. The molecule has 2 unspecified atom stereocenters. The fourth-order valence-electron chi connectivity index (χ4n) is 1.60. The van der Waals surface area contributed by atoms with Crippen LogP contribution < -0.4 is 5.32 Å². The fraction of sp³-hybridized carbons (Fsp3) is 0.846. The van der Waals surface area contributed by atoms with E-state index in [1.165, 1.54) is 0 Å². The topological polar surface area (TPSA) is 66.4 Å². The average Bonchev–Trinajstić information content (AvgIpc) is 2.44. The van der Waals surface area contributed by atoms with Crippen molar-refractivity contribution in [2.45, 2.75) is 39.7 Å². The van der Waals surface area contributed by atoms with Gasteiger partial charge in [-0.15, -0.1) is 0 Å². The first kappa shape index (κ1) is 19.0. The zero-order chi connectivity index (χ0) is 14.7. The molecule has 0 aromatic carbocycles. The lowest BCUT2D eigenvalue weighted by atomic mass is 10.0. The van der Waals surface area contributed by atoms with Crippen LogP contribution in [0, 0.1) is 5.92 Å². The number of hydrogen-bond donors (Lipinski definition) is 2. The lowest BCUT2D eigenvalue weighted by molar-refractivity contribution is -0.123. The number of Topliss-reactive ketones (excluding diaryl/α,β-unsaturated/α-hetero) is 2. The molecule has 4 nitrogen and oxygen atoms in total. The second kappa shape index (κ2) is 11.8. The molecule has 2 atom stereocenters. The van der Waals surface area contributed by atoms with Gasteiger partial charge >= 0.3 is 0 Å². The van der Waals surface area contributed by atoms with Crippen molar-refractivity contribution in [3.63, 3.8) is 0 Å². The summed E-state index contributed by atoms with van der Waals surface area (Å²) >= 11 is 0. The monoisotopic (exact) mass is 307 g/mol. The first-order chi connectivity index (χ1) is 9.10. The maximum absolute atomic E-state index is 11.6. The number of carbonyl (C=O) groups excluding carboxylic acids is 2. The third-order valence-corrected chi connectivity index (χ3v) is 5.37. The van der Waals surface area contributed by atoms with Crippen LogP contribution in [0.4, 0.5) is 0 Å². The highest BCUT2D eigenvalue weighted by Gasteiger charge is 2.18. The van der Waals surface area contributed by atoms with Crippen molar-refractivity contribution in [1.29, 1.82) is 0 Å². The summed E-state index contributed by atoms with van der Waals surface area (Å²) in [5.74, 6) is 1.67. The van der Waals surface area contributed by atoms with Crippen molar-refractivity contribution < 1.29 is 14.7 Å². The number of likely N-dealkylation sites (N-methyl/N-ethyl adjacent to an activating group) is 1. The van der Waals surface area contributed by atoms with Crippen molar-refractivity contribution in [2.75, 3.05) is 24.7 Å². The van der Waals surface area contributed by atoms with E-state index < -0.39 is 6.61 Å². The highest BCUT2D eigenvalue weighted by atomic mass is 33.1. The van der Waals surface area contributed by atoms with Crippen LogP contribution in [0.2, 0.25) is 0 Å². The molecule has 2 N–H and O–H groups in total. The predicted molar refractivity (Wildman–Crippen MR) is 83.6 cm³/mol. The summed E-state index contributed by atoms with van der Waals surface area (Å²) in [6, 6.07) is -0.297. The van der Waals surface area contributed by atoms with E-state index in [-0.39, 0.29) is 17.7 Å². The van der Waals surface area contributed by atoms with Crippen LogP contribution in [0.5, 0.6) is 0 Å². The van der Waals surface area contributed by atoms with Gasteiger partial charge in [-0.1, -0.05) is 42.4 Å². The molecule has 0 aromatic heterocycles. The molecular formula is C13H25NO3S2. The molecule has 0 spiro atoms. The summed E-state index contributed by atoms with van der Waals surface area (Å²) in [6.07, 6.45) is 1.46. The van der Waals surface area contributed by atoms with Crippen molar-refractivity contribution in [2.24, 2.45) is 5.92 Å². The first-order valence-corrected chi connectivity index (χ1v) is 9.23. The van der Waals surface area contributed by atoms with Gasteiger partial charge < -0.3 is 10.4 Å². The zero-order valence-corrected chi connectivity index (χ0v) is 13.6. The number of carbonyl (C=O) groups is 2. The highest BCUT2D eigenvalue weighted by molar-refractivity contribution is 8.76. The molecule has 0 rings (SSSR count). The van der Waals surface area contributed by atoms with E-state index in [1.807, 2.05) is 20.8 Å². The van der Waals surface area contributed by atoms with Gasteiger partial charge in [-0.25, -0.2) is 0 Å². The standard InChI is InChI=1S/C13H25NO3S2/c1-4-10(12(16)5-2)8-18-19-9-11(14-6-3)13(17)7-15/h10-11,14-15H,4-9H2,1-3H3. The van der Waals surface area contributed by atoms with E-state index in [9.17, 15) is 9.59 Å². The third kappa shape index (κ3) is 7.97. The number of ketones is 2. The van der Waals surface area contributed by atoms with Gasteiger partial charge in [0.1, 0.15) is 12.4 Å². The Labute approximate surface area is 123 Å². The van der Waals surface area contributed by atoms with Crippen LogP contribution in [-0.2, 0) is 9.59 Å². The maximum Gasteiger partial charge on any atom is 0.175 e. The van der Waals surface area contributed by atoms with E-state index in [1.54, 1.807) is 21.6 Å². The normalized spacial score (nSPS) is 14.1. The Morgan fingerprint density at radius 2 is 1.74 bits per heavy atom. The van der Waals surface area contributed by atoms with Crippen molar-refractivity contribution in [3.05, 3.63) is 0 Å². The molecule has 0 bridgehead atoms.